The Morgan fingerprint density at radius 3 is 2.36 bits per heavy atom. The molecule has 0 saturated heterocycles. The van der Waals surface area contributed by atoms with Gasteiger partial charge < -0.3 is 10.2 Å². The zero-order chi connectivity index (χ0) is 24.2. The molecule has 1 unspecified atom stereocenters. The van der Waals surface area contributed by atoms with Crippen molar-refractivity contribution in [3.63, 3.8) is 0 Å². The summed E-state index contributed by atoms with van der Waals surface area (Å²) in [6, 6.07) is 18.3. The van der Waals surface area contributed by atoms with Crippen LogP contribution < -0.4 is 9.62 Å². The van der Waals surface area contributed by atoms with Gasteiger partial charge in [-0.25, -0.2) is 12.8 Å². The van der Waals surface area contributed by atoms with E-state index in [1.807, 2.05) is 19.0 Å². The molecule has 33 heavy (non-hydrogen) atoms. The summed E-state index contributed by atoms with van der Waals surface area (Å²) in [4.78, 5) is 14.7. The third-order valence-corrected chi connectivity index (χ3v) is 7.26. The second kappa shape index (κ2) is 10.3. The zero-order valence-electron chi connectivity index (χ0n) is 18.5. The van der Waals surface area contributed by atoms with Gasteiger partial charge in [0, 0.05) is 24.2 Å². The van der Waals surface area contributed by atoms with Crippen molar-refractivity contribution >= 4 is 33.2 Å². The molecule has 1 amide bonds. The average Bonchev–Trinajstić information content (AvgIpc) is 2.78. The third kappa shape index (κ3) is 5.90. The molecule has 3 aromatic carbocycles. The van der Waals surface area contributed by atoms with E-state index in [-0.39, 0.29) is 28.9 Å². The first-order valence-electron chi connectivity index (χ1n) is 10.1. The fraction of sp³-hybridized carbons (Fsp3) is 0.208. The summed E-state index contributed by atoms with van der Waals surface area (Å²) in [7, 11) is 1.18. The topological polar surface area (TPSA) is 69.7 Å². The first-order chi connectivity index (χ1) is 15.6. The van der Waals surface area contributed by atoms with Crippen LogP contribution in [0.2, 0.25) is 5.02 Å². The van der Waals surface area contributed by atoms with Gasteiger partial charge in [0.2, 0.25) is 0 Å². The van der Waals surface area contributed by atoms with Crippen molar-refractivity contribution in [2.75, 3.05) is 32.0 Å². The molecule has 6 nitrogen and oxygen atoms in total. The molecule has 9 heteroatoms. The SMILES string of the molecule is CN(C)C(CNC(=O)c1cccc(S(=O)(=O)N(C)c2cccc(Cl)c2)c1)c1cccc(F)c1. The molecule has 1 N–H and O–H groups in total. The van der Waals surface area contributed by atoms with Crippen molar-refractivity contribution in [3.05, 3.63) is 94.8 Å². The molecule has 0 aliphatic carbocycles. The normalized spacial score (nSPS) is 12.4. The minimum atomic E-state index is -3.91. The first-order valence-corrected chi connectivity index (χ1v) is 12.0. The second-order valence-corrected chi connectivity index (χ2v) is 10.1. The summed E-state index contributed by atoms with van der Waals surface area (Å²) in [5.74, 6) is -0.784. The third-order valence-electron chi connectivity index (χ3n) is 5.24. The van der Waals surface area contributed by atoms with Gasteiger partial charge in [0.25, 0.3) is 15.9 Å². The van der Waals surface area contributed by atoms with Gasteiger partial charge in [0.05, 0.1) is 16.6 Å². The summed E-state index contributed by atoms with van der Waals surface area (Å²) in [6.45, 7) is 0.217. The lowest BCUT2D eigenvalue weighted by molar-refractivity contribution is 0.0941. The van der Waals surface area contributed by atoms with Crippen LogP contribution in [0.15, 0.2) is 77.7 Å². The first kappa shape index (κ1) is 24.7. The number of carbonyl (C=O) groups excluding carboxylic acids is 1. The summed E-state index contributed by atoms with van der Waals surface area (Å²) < 4.78 is 41.0. The lowest BCUT2D eigenvalue weighted by atomic mass is 10.1. The summed E-state index contributed by atoms with van der Waals surface area (Å²) in [5.41, 5.74) is 1.33. The van der Waals surface area contributed by atoms with Crippen molar-refractivity contribution in [1.82, 2.24) is 10.2 Å². The number of anilines is 1. The Balaban J connectivity index is 1.79. The summed E-state index contributed by atoms with van der Waals surface area (Å²) in [6.07, 6.45) is 0. The smallest absolute Gasteiger partial charge is 0.264 e. The second-order valence-electron chi connectivity index (χ2n) is 7.72. The molecule has 0 fully saturated rings. The zero-order valence-corrected chi connectivity index (χ0v) is 20.1. The minimum Gasteiger partial charge on any atom is -0.350 e. The molecule has 3 rings (SSSR count). The Labute approximate surface area is 198 Å². The molecule has 0 aliphatic rings. The van der Waals surface area contributed by atoms with Crippen molar-refractivity contribution < 1.29 is 17.6 Å². The highest BCUT2D eigenvalue weighted by Gasteiger charge is 2.23. The van der Waals surface area contributed by atoms with Gasteiger partial charge in [-0.2, -0.15) is 0 Å². The van der Waals surface area contributed by atoms with E-state index in [2.05, 4.69) is 5.32 Å². The van der Waals surface area contributed by atoms with Crippen LogP contribution in [0.3, 0.4) is 0 Å². The highest BCUT2D eigenvalue weighted by Crippen LogP contribution is 2.25. The largest absolute Gasteiger partial charge is 0.350 e. The highest BCUT2D eigenvalue weighted by atomic mass is 35.5. The van der Waals surface area contributed by atoms with E-state index < -0.39 is 15.9 Å². The van der Waals surface area contributed by atoms with Crippen LogP contribution in [0.1, 0.15) is 22.0 Å². The van der Waals surface area contributed by atoms with Crippen LogP contribution in [0.25, 0.3) is 0 Å². The molecular weight excluding hydrogens is 465 g/mol. The molecule has 0 radical (unpaired) electrons. The molecule has 0 heterocycles. The lowest BCUT2D eigenvalue weighted by Gasteiger charge is -2.25. The van der Waals surface area contributed by atoms with E-state index in [1.54, 1.807) is 42.5 Å². The number of amides is 1. The molecule has 174 valence electrons. The van der Waals surface area contributed by atoms with Crippen LogP contribution in [0.4, 0.5) is 10.1 Å². The van der Waals surface area contributed by atoms with E-state index in [0.717, 1.165) is 9.87 Å². The van der Waals surface area contributed by atoms with Crippen molar-refractivity contribution in [3.8, 4) is 0 Å². The predicted octanol–water partition coefficient (Wildman–Crippen LogP) is 4.34. The van der Waals surface area contributed by atoms with Crippen molar-refractivity contribution in [2.45, 2.75) is 10.9 Å². The van der Waals surface area contributed by atoms with Gasteiger partial charge in [-0.15, -0.1) is 0 Å². The molecule has 3 aromatic rings. The number of benzene rings is 3. The molecule has 0 saturated carbocycles. The van der Waals surface area contributed by atoms with Gasteiger partial charge in [0.15, 0.2) is 0 Å². The number of nitrogens with zero attached hydrogens (tertiary/aromatic N) is 2. The number of sulfonamides is 1. The van der Waals surface area contributed by atoms with Gasteiger partial charge in [-0.1, -0.05) is 35.9 Å². The summed E-state index contributed by atoms with van der Waals surface area (Å²) in [5, 5.41) is 3.23. The standard InChI is InChI=1S/C24H25ClFN3O3S/c1-28(2)23(17-7-4-10-20(26)13-17)16-27-24(30)18-8-5-12-22(14-18)33(31,32)29(3)21-11-6-9-19(25)15-21/h4-15,23H,16H2,1-3H3,(H,27,30). The van der Waals surface area contributed by atoms with Gasteiger partial charge >= 0.3 is 0 Å². The van der Waals surface area contributed by atoms with Gasteiger partial charge in [0.1, 0.15) is 5.82 Å². The average molecular weight is 490 g/mol. The maximum absolute atomic E-state index is 13.6. The molecule has 1 atom stereocenters. The number of rotatable bonds is 8. The molecule has 0 aromatic heterocycles. The monoisotopic (exact) mass is 489 g/mol. The van der Waals surface area contributed by atoms with Crippen LogP contribution in [0.5, 0.6) is 0 Å². The van der Waals surface area contributed by atoms with Crippen LogP contribution >= 0.6 is 11.6 Å². The molecule has 0 spiro atoms. The van der Waals surface area contributed by atoms with Crippen LogP contribution in [-0.4, -0.2) is 46.9 Å². The molecular formula is C24H25ClFN3O3S. The highest BCUT2D eigenvalue weighted by molar-refractivity contribution is 7.92. The summed E-state index contributed by atoms with van der Waals surface area (Å²) >= 11 is 5.99. The molecule has 0 bridgehead atoms. The Bertz CT molecular complexity index is 1250. The van der Waals surface area contributed by atoms with Gasteiger partial charge in [-0.3, -0.25) is 9.10 Å². The van der Waals surface area contributed by atoms with Crippen molar-refractivity contribution in [1.29, 1.82) is 0 Å². The lowest BCUT2D eigenvalue weighted by Crippen LogP contribution is -2.34. The number of likely N-dealkylation sites (N-methyl/N-ethyl adjacent to an activating group) is 1. The predicted molar refractivity (Wildman–Crippen MR) is 129 cm³/mol. The van der Waals surface area contributed by atoms with Crippen LogP contribution in [0, 0.1) is 5.82 Å². The maximum atomic E-state index is 13.6. The Kier molecular flexibility index (Phi) is 7.73. The minimum absolute atomic E-state index is 0.0214. The number of hydrogen-bond acceptors (Lipinski definition) is 4. The van der Waals surface area contributed by atoms with E-state index in [4.69, 9.17) is 11.6 Å². The Hall–Kier alpha value is -2.94. The van der Waals surface area contributed by atoms with E-state index in [0.29, 0.717) is 10.7 Å². The van der Waals surface area contributed by atoms with E-state index >= 15 is 0 Å². The number of halogens is 2. The number of nitrogens with one attached hydrogen (secondary N) is 1. The Morgan fingerprint density at radius 2 is 1.70 bits per heavy atom. The Morgan fingerprint density at radius 1 is 1.00 bits per heavy atom. The fourth-order valence-corrected chi connectivity index (χ4v) is 4.79. The van der Waals surface area contributed by atoms with Crippen LogP contribution in [-0.2, 0) is 10.0 Å². The molecule has 0 aliphatic heterocycles. The fourth-order valence-electron chi connectivity index (χ4n) is 3.37. The number of hydrogen-bond donors (Lipinski definition) is 1. The van der Waals surface area contributed by atoms with E-state index in [1.165, 1.54) is 37.4 Å². The van der Waals surface area contributed by atoms with Crippen molar-refractivity contribution in [2.24, 2.45) is 0 Å². The van der Waals surface area contributed by atoms with E-state index in [9.17, 15) is 17.6 Å². The maximum Gasteiger partial charge on any atom is 0.264 e. The quantitative estimate of drug-likeness (QED) is 0.511. The van der Waals surface area contributed by atoms with Gasteiger partial charge in [-0.05, 0) is 68.2 Å². The number of carbonyl (C=O) groups is 1.